The first-order valence-corrected chi connectivity index (χ1v) is 8.69. The van der Waals surface area contributed by atoms with E-state index in [1.54, 1.807) is 13.1 Å². The van der Waals surface area contributed by atoms with Crippen molar-refractivity contribution in [2.45, 2.75) is 44.2 Å². The van der Waals surface area contributed by atoms with Gasteiger partial charge >= 0.3 is 0 Å². The molecule has 1 aliphatic rings. The summed E-state index contributed by atoms with van der Waals surface area (Å²) in [4.78, 5) is 0.390. The molecule has 1 aromatic rings. The van der Waals surface area contributed by atoms with E-state index in [1.165, 1.54) is 17.1 Å². The van der Waals surface area contributed by atoms with Crippen LogP contribution in [0.15, 0.2) is 35.2 Å². The minimum atomic E-state index is -3.47. The van der Waals surface area contributed by atoms with E-state index in [1.807, 2.05) is 26.0 Å². The third-order valence-corrected chi connectivity index (χ3v) is 5.68. The van der Waals surface area contributed by atoms with E-state index >= 15 is 0 Å². The highest BCUT2D eigenvalue weighted by molar-refractivity contribution is 7.89. The van der Waals surface area contributed by atoms with E-state index in [4.69, 9.17) is 0 Å². The van der Waals surface area contributed by atoms with Crippen LogP contribution in [-0.2, 0) is 16.6 Å². The molecule has 116 valence electrons. The van der Waals surface area contributed by atoms with Crippen molar-refractivity contribution in [1.82, 2.24) is 9.62 Å². The number of benzene rings is 1. The number of rotatable bonds is 7. The van der Waals surface area contributed by atoms with Crippen LogP contribution >= 0.6 is 0 Å². The van der Waals surface area contributed by atoms with E-state index in [2.05, 4.69) is 11.9 Å². The molecule has 1 aromatic carbocycles. The van der Waals surface area contributed by atoms with Crippen LogP contribution in [0.2, 0.25) is 0 Å². The Kier molecular flexibility index (Phi) is 4.86. The fraction of sp³-hybridized carbons (Fsp3) is 0.500. The smallest absolute Gasteiger partial charge is 0.243 e. The zero-order valence-electron chi connectivity index (χ0n) is 13.0. The summed E-state index contributed by atoms with van der Waals surface area (Å²) in [7, 11) is -1.87. The maximum atomic E-state index is 12.7. The predicted molar refractivity (Wildman–Crippen MR) is 85.7 cm³/mol. The van der Waals surface area contributed by atoms with Crippen molar-refractivity contribution in [1.29, 1.82) is 0 Å². The van der Waals surface area contributed by atoms with Crippen molar-refractivity contribution in [3.05, 3.63) is 41.5 Å². The summed E-state index contributed by atoms with van der Waals surface area (Å²) in [5.74, 6) is 0. The standard InChI is InChI=1S/C16H24N2O2S/c1-12(2)11-18(4)21(19,20)16-7-5-6-14(13(16)3)10-17-15-8-9-15/h5-7,15,17H,1,8-11H2,2-4H3. The Morgan fingerprint density at radius 3 is 2.67 bits per heavy atom. The summed E-state index contributed by atoms with van der Waals surface area (Å²) >= 11 is 0. The van der Waals surface area contributed by atoms with Gasteiger partial charge in [0.2, 0.25) is 10.0 Å². The molecular weight excluding hydrogens is 284 g/mol. The van der Waals surface area contributed by atoms with Gasteiger partial charge in [-0.05, 0) is 43.9 Å². The number of hydrogen-bond donors (Lipinski definition) is 1. The van der Waals surface area contributed by atoms with E-state index in [0.29, 0.717) is 17.5 Å². The lowest BCUT2D eigenvalue weighted by Gasteiger charge is -2.20. The van der Waals surface area contributed by atoms with Crippen molar-refractivity contribution in [2.24, 2.45) is 0 Å². The van der Waals surface area contributed by atoms with Crippen LogP contribution in [-0.4, -0.2) is 32.4 Å². The molecule has 0 bridgehead atoms. The fourth-order valence-electron chi connectivity index (χ4n) is 2.31. The lowest BCUT2D eigenvalue weighted by atomic mass is 10.1. The van der Waals surface area contributed by atoms with Crippen LogP contribution in [0.5, 0.6) is 0 Å². The Balaban J connectivity index is 2.25. The van der Waals surface area contributed by atoms with Crippen LogP contribution in [0.3, 0.4) is 0 Å². The van der Waals surface area contributed by atoms with Crippen LogP contribution < -0.4 is 5.32 Å². The maximum absolute atomic E-state index is 12.7. The SMILES string of the molecule is C=C(C)CN(C)S(=O)(=O)c1cccc(CNC2CC2)c1C. The molecule has 0 aromatic heterocycles. The van der Waals surface area contributed by atoms with E-state index in [0.717, 1.165) is 23.2 Å². The number of sulfonamides is 1. The van der Waals surface area contributed by atoms with Crippen molar-refractivity contribution >= 4 is 10.0 Å². The van der Waals surface area contributed by atoms with Gasteiger partial charge in [-0.3, -0.25) is 0 Å². The monoisotopic (exact) mass is 308 g/mol. The van der Waals surface area contributed by atoms with Crippen molar-refractivity contribution in [3.8, 4) is 0 Å². The first kappa shape index (κ1) is 16.2. The number of hydrogen-bond acceptors (Lipinski definition) is 3. The Labute approximate surface area is 127 Å². The van der Waals surface area contributed by atoms with Gasteiger partial charge in [-0.25, -0.2) is 8.42 Å². The molecule has 21 heavy (non-hydrogen) atoms. The Hall–Kier alpha value is -1.17. The largest absolute Gasteiger partial charge is 0.310 e. The van der Waals surface area contributed by atoms with Gasteiger partial charge in [0.05, 0.1) is 4.90 Å². The van der Waals surface area contributed by atoms with Crippen molar-refractivity contribution in [3.63, 3.8) is 0 Å². The summed E-state index contributed by atoms with van der Waals surface area (Å²) < 4.78 is 26.7. The van der Waals surface area contributed by atoms with Crippen LogP contribution in [0.4, 0.5) is 0 Å². The third kappa shape index (κ3) is 3.93. The molecule has 0 radical (unpaired) electrons. The fourth-order valence-corrected chi connectivity index (χ4v) is 3.80. The van der Waals surface area contributed by atoms with E-state index in [9.17, 15) is 8.42 Å². The predicted octanol–water partition coefficient (Wildman–Crippen LogP) is 2.44. The van der Waals surface area contributed by atoms with Gasteiger partial charge in [-0.1, -0.05) is 24.3 Å². The molecule has 0 heterocycles. The molecular formula is C16H24N2O2S. The molecule has 1 saturated carbocycles. The highest BCUT2D eigenvalue weighted by Gasteiger charge is 2.24. The van der Waals surface area contributed by atoms with Crippen LogP contribution in [0.1, 0.15) is 30.9 Å². The first-order valence-electron chi connectivity index (χ1n) is 7.25. The molecule has 0 amide bonds. The van der Waals surface area contributed by atoms with Crippen molar-refractivity contribution < 1.29 is 8.42 Å². The van der Waals surface area contributed by atoms with Gasteiger partial charge in [-0.15, -0.1) is 0 Å². The second kappa shape index (κ2) is 6.30. The third-order valence-electron chi connectivity index (χ3n) is 3.74. The number of likely N-dealkylation sites (N-methyl/N-ethyl adjacent to an activating group) is 1. The van der Waals surface area contributed by atoms with Gasteiger partial charge in [0, 0.05) is 26.2 Å². The number of nitrogens with zero attached hydrogens (tertiary/aromatic N) is 1. The second-order valence-corrected chi connectivity index (χ2v) is 7.93. The quantitative estimate of drug-likeness (QED) is 0.787. The Bertz CT molecular complexity index is 634. The minimum Gasteiger partial charge on any atom is -0.310 e. The lowest BCUT2D eigenvalue weighted by Crippen LogP contribution is -2.29. The lowest BCUT2D eigenvalue weighted by molar-refractivity contribution is 0.492. The summed E-state index contributed by atoms with van der Waals surface area (Å²) in [6.07, 6.45) is 2.44. The first-order chi connectivity index (χ1) is 9.82. The van der Waals surface area contributed by atoms with Gasteiger partial charge in [-0.2, -0.15) is 4.31 Å². The highest BCUT2D eigenvalue weighted by atomic mass is 32.2. The Morgan fingerprint density at radius 1 is 1.43 bits per heavy atom. The molecule has 0 unspecified atom stereocenters. The minimum absolute atomic E-state index is 0.340. The zero-order chi connectivity index (χ0) is 15.6. The van der Waals surface area contributed by atoms with Crippen LogP contribution in [0, 0.1) is 6.92 Å². The molecule has 2 rings (SSSR count). The molecule has 0 saturated heterocycles. The van der Waals surface area contributed by atoms with Gasteiger partial charge in [0.1, 0.15) is 0 Å². The second-order valence-electron chi connectivity index (χ2n) is 5.91. The summed E-state index contributed by atoms with van der Waals surface area (Å²) in [5.41, 5.74) is 2.70. The summed E-state index contributed by atoms with van der Waals surface area (Å²) in [6.45, 7) is 8.56. The molecule has 1 fully saturated rings. The van der Waals surface area contributed by atoms with Gasteiger partial charge < -0.3 is 5.32 Å². The zero-order valence-corrected chi connectivity index (χ0v) is 13.8. The van der Waals surface area contributed by atoms with Gasteiger partial charge in [0.15, 0.2) is 0 Å². The normalized spacial score (nSPS) is 15.4. The molecule has 4 nitrogen and oxygen atoms in total. The van der Waals surface area contributed by atoms with E-state index in [-0.39, 0.29) is 0 Å². The molecule has 1 aliphatic carbocycles. The van der Waals surface area contributed by atoms with Crippen molar-refractivity contribution in [2.75, 3.05) is 13.6 Å². The maximum Gasteiger partial charge on any atom is 0.243 e. The molecule has 5 heteroatoms. The van der Waals surface area contributed by atoms with Gasteiger partial charge in [0.25, 0.3) is 0 Å². The average molecular weight is 308 g/mol. The van der Waals surface area contributed by atoms with Crippen LogP contribution in [0.25, 0.3) is 0 Å². The topological polar surface area (TPSA) is 49.4 Å². The highest BCUT2D eigenvalue weighted by Crippen LogP contribution is 2.24. The van der Waals surface area contributed by atoms with E-state index < -0.39 is 10.0 Å². The molecule has 0 aliphatic heterocycles. The summed E-state index contributed by atoms with van der Waals surface area (Å²) in [6, 6.07) is 6.09. The molecule has 0 spiro atoms. The number of nitrogens with one attached hydrogen (secondary N) is 1. The summed E-state index contributed by atoms with van der Waals surface area (Å²) in [5, 5.41) is 3.43. The average Bonchev–Trinajstić information content (AvgIpc) is 3.20. The molecule has 1 N–H and O–H groups in total. The Morgan fingerprint density at radius 2 is 2.10 bits per heavy atom. The molecule has 0 atom stereocenters.